The Kier molecular flexibility index (Phi) is 4.79. The third-order valence-electron chi connectivity index (χ3n) is 4.38. The van der Waals surface area contributed by atoms with E-state index in [0.717, 1.165) is 0 Å². The first-order chi connectivity index (χ1) is 12.3. The van der Waals surface area contributed by atoms with E-state index in [2.05, 4.69) is 4.98 Å². The molecule has 0 saturated carbocycles. The van der Waals surface area contributed by atoms with E-state index in [9.17, 15) is 18.5 Å². The molecular weight excluding hydrogens is 358 g/mol. The van der Waals surface area contributed by atoms with Crippen molar-refractivity contribution in [1.29, 1.82) is 0 Å². The molecule has 3 rings (SSSR count). The minimum Gasteiger partial charge on any atom is -0.367 e. The standard InChI is InChI=1S/C16H19N5O4S/c1-12-10-16(18-11-14(12)21(22)23)20-8-6-19(7-9-20)13-4-2-3-5-15(13)26(17,24)25/h2-5,10-11H,6-9H2,1H3,(H2,17,24,25). The first-order valence-corrected chi connectivity index (χ1v) is 9.55. The molecule has 10 heteroatoms. The fourth-order valence-corrected chi connectivity index (χ4v) is 3.79. The maximum atomic E-state index is 11.8. The topological polar surface area (TPSA) is 123 Å². The number of nitro groups is 1. The lowest BCUT2D eigenvalue weighted by Crippen LogP contribution is -2.47. The van der Waals surface area contributed by atoms with E-state index in [1.807, 2.05) is 9.80 Å². The second-order valence-electron chi connectivity index (χ2n) is 6.07. The molecular formula is C16H19N5O4S. The van der Waals surface area contributed by atoms with Crippen LogP contribution in [0.25, 0.3) is 0 Å². The molecule has 0 bridgehead atoms. The zero-order valence-electron chi connectivity index (χ0n) is 14.2. The van der Waals surface area contributed by atoms with Crippen LogP contribution in [0.3, 0.4) is 0 Å². The van der Waals surface area contributed by atoms with Gasteiger partial charge in [0.25, 0.3) is 5.69 Å². The number of aryl methyl sites for hydroxylation is 1. The van der Waals surface area contributed by atoms with Crippen molar-refractivity contribution in [1.82, 2.24) is 4.98 Å². The summed E-state index contributed by atoms with van der Waals surface area (Å²) in [6.07, 6.45) is 1.27. The molecule has 0 unspecified atom stereocenters. The lowest BCUT2D eigenvalue weighted by molar-refractivity contribution is -0.385. The molecule has 9 nitrogen and oxygen atoms in total. The molecule has 138 valence electrons. The van der Waals surface area contributed by atoms with Crippen molar-refractivity contribution in [2.75, 3.05) is 36.0 Å². The van der Waals surface area contributed by atoms with E-state index in [1.165, 1.54) is 12.3 Å². The van der Waals surface area contributed by atoms with Gasteiger partial charge in [0.05, 0.1) is 10.6 Å². The number of hydrogen-bond donors (Lipinski definition) is 1. The van der Waals surface area contributed by atoms with E-state index in [4.69, 9.17) is 5.14 Å². The predicted octanol–water partition coefficient (Wildman–Crippen LogP) is 1.27. The monoisotopic (exact) mass is 377 g/mol. The quantitative estimate of drug-likeness (QED) is 0.629. The first-order valence-electron chi connectivity index (χ1n) is 8.00. The SMILES string of the molecule is Cc1cc(N2CCN(c3ccccc3S(N)(=O)=O)CC2)ncc1[N+](=O)[O-]. The van der Waals surface area contributed by atoms with Gasteiger partial charge in [-0.25, -0.2) is 18.5 Å². The van der Waals surface area contributed by atoms with E-state index in [-0.39, 0.29) is 10.6 Å². The number of nitrogens with two attached hydrogens (primary N) is 1. The highest BCUT2D eigenvalue weighted by Gasteiger charge is 2.24. The highest BCUT2D eigenvalue weighted by molar-refractivity contribution is 7.89. The molecule has 1 aliphatic heterocycles. The van der Waals surface area contributed by atoms with Crippen LogP contribution in [-0.2, 0) is 10.0 Å². The molecule has 0 aliphatic carbocycles. The van der Waals surface area contributed by atoms with E-state index in [0.29, 0.717) is 43.2 Å². The maximum Gasteiger partial charge on any atom is 0.290 e. The Labute approximate surface area is 151 Å². The Morgan fingerprint density at radius 2 is 1.77 bits per heavy atom. The highest BCUT2D eigenvalue weighted by Crippen LogP contribution is 2.27. The van der Waals surface area contributed by atoms with Crippen LogP contribution in [0.1, 0.15) is 5.56 Å². The van der Waals surface area contributed by atoms with Crippen molar-refractivity contribution in [2.45, 2.75) is 11.8 Å². The molecule has 2 aromatic rings. The number of hydrogen-bond acceptors (Lipinski definition) is 7. The summed E-state index contributed by atoms with van der Waals surface area (Å²) in [4.78, 5) is 18.7. The number of anilines is 2. The summed E-state index contributed by atoms with van der Waals surface area (Å²) in [5.41, 5.74) is 1.14. The molecule has 2 N–H and O–H groups in total. The van der Waals surface area contributed by atoms with Gasteiger partial charge in [-0.1, -0.05) is 12.1 Å². The molecule has 1 aliphatic rings. The van der Waals surface area contributed by atoms with E-state index >= 15 is 0 Å². The van der Waals surface area contributed by atoms with E-state index < -0.39 is 14.9 Å². The summed E-state index contributed by atoms with van der Waals surface area (Å²) >= 11 is 0. The number of nitrogens with zero attached hydrogens (tertiary/aromatic N) is 4. The normalized spacial score (nSPS) is 15.2. The third kappa shape index (κ3) is 3.60. The molecule has 2 heterocycles. The molecule has 1 saturated heterocycles. The van der Waals surface area contributed by atoms with Gasteiger partial charge in [-0.2, -0.15) is 0 Å². The molecule has 1 aromatic carbocycles. The lowest BCUT2D eigenvalue weighted by Gasteiger charge is -2.37. The van der Waals surface area contributed by atoms with Gasteiger partial charge in [-0.3, -0.25) is 10.1 Å². The Morgan fingerprint density at radius 1 is 1.15 bits per heavy atom. The van der Waals surface area contributed by atoms with Crippen LogP contribution in [-0.4, -0.2) is 44.5 Å². The third-order valence-corrected chi connectivity index (χ3v) is 5.34. The van der Waals surface area contributed by atoms with Gasteiger partial charge >= 0.3 is 0 Å². The van der Waals surface area contributed by atoms with Crippen molar-refractivity contribution in [3.05, 3.63) is 52.2 Å². The van der Waals surface area contributed by atoms with Gasteiger partial charge in [-0.05, 0) is 25.1 Å². The molecule has 0 radical (unpaired) electrons. The second kappa shape index (κ2) is 6.89. The Hall–Kier alpha value is -2.72. The van der Waals surface area contributed by atoms with Crippen molar-refractivity contribution in [3.63, 3.8) is 0 Å². The van der Waals surface area contributed by atoms with Crippen LogP contribution in [0.2, 0.25) is 0 Å². The van der Waals surface area contributed by atoms with Gasteiger partial charge in [0.15, 0.2) is 0 Å². The van der Waals surface area contributed by atoms with Gasteiger partial charge in [0, 0.05) is 31.7 Å². The van der Waals surface area contributed by atoms with Crippen LogP contribution >= 0.6 is 0 Å². The Morgan fingerprint density at radius 3 is 2.35 bits per heavy atom. The average Bonchev–Trinajstić information content (AvgIpc) is 2.61. The summed E-state index contributed by atoms with van der Waals surface area (Å²) in [7, 11) is -3.80. The smallest absolute Gasteiger partial charge is 0.290 e. The van der Waals surface area contributed by atoms with Gasteiger partial charge in [0.1, 0.15) is 16.9 Å². The van der Waals surface area contributed by atoms with Crippen LogP contribution < -0.4 is 14.9 Å². The van der Waals surface area contributed by atoms with Gasteiger partial charge in [-0.15, -0.1) is 0 Å². The fourth-order valence-electron chi connectivity index (χ4n) is 3.03. The fraction of sp³-hybridized carbons (Fsp3) is 0.312. The number of piperazine rings is 1. The zero-order chi connectivity index (χ0) is 18.9. The number of sulfonamides is 1. The number of benzene rings is 1. The number of para-hydroxylation sites is 1. The molecule has 26 heavy (non-hydrogen) atoms. The Balaban J connectivity index is 1.77. The van der Waals surface area contributed by atoms with E-state index in [1.54, 1.807) is 31.2 Å². The average molecular weight is 377 g/mol. The highest BCUT2D eigenvalue weighted by atomic mass is 32.2. The number of rotatable bonds is 4. The van der Waals surface area contributed by atoms with Crippen molar-refractivity contribution in [3.8, 4) is 0 Å². The summed E-state index contributed by atoms with van der Waals surface area (Å²) in [5.74, 6) is 0.674. The summed E-state index contributed by atoms with van der Waals surface area (Å²) in [6, 6.07) is 8.36. The summed E-state index contributed by atoms with van der Waals surface area (Å²) in [5, 5.41) is 16.2. The molecule has 0 spiro atoms. The lowest BCUT2D eigenvalue weighted by atomic mass is 10.2. The molecule has 0 amide bonds. The van der Waals surface area contributed by atoms with Gasteiger partial charge in [0.2, 0.25) is 10.0 Å². The minimum absolute atomic E-state index is 0.00512. The Bertz CT molecular complexity index is 939. The zero-order valence-corrected chi connectivity index (χ0v) is 15.0. The first kappa shape index (κ1) is 18.1. The number of primary sulfonamides is 1. The molecule has 1 fully saturated rings. The minimum atomic E-state index is -3.80. The largest absolute Gasteiger partial charge is 0.367 e. The molecule has 1 aromatic heterocycles. The number of aromatic nitrogens is 1. The van der Waals surface area contributed by atoms with Crippen molar-refractivity contribution >= 4 is 27.2 Å². The number of pyridine rings is 1. The van der Waals surface area contributed by atoms with Crippen LogP contribution in [0.15, 0.2) is 41.4 Å². The second-order valence-corrected chi connectivity index (χ2v) is 7.60. The van der Waals surface area contributed by atoms with Gasteiger partial charge < -0.3 is 9.80 Å². The van der Waals surface area contributed by atoms with Crippen LogP contribution in [0.4, 0.5) is 17.2 Å². The summed E-state index contributed by atoms with van der Waals surface area (Å²) < 4.78 is 23.6. The molecule has 0 atom stereocenters. The summed E-state index contributed by atoms with van der Waals surface area (Å²) in [6.45, 7) is 4.09. The maximum absolute atomic E-state index is 11.8. The van der Waals surface area contributed by atoms with Crippen LogP contribution in [0.5, 0.6) is 0 Å². The van der Waals surface area contributed by atoms with Crippen LogP contribution in [0, 0.1) is 17.0 Å². The predicted molar refractivity (Wildman–Crippen MR) is 97.9 cm³/mol. The van der Waals surface area contributed by atoms with Crippen molar-refractivity contribution in [2.24, 2.45) is 5.14 Å². The van der Waals surface area contributed by atoms with Crippen molar-refractivity contribution < 1.29 is 13.3 Å².